The Kier molecular flexibility index (Phi) is 5.47. The van der Waals surface area contributed by atoms with E-state index in [0.717, 1.165) is 35.9 Å². The van der Waals surface area contributed by atoms with Gasteiger partial charge in [0.15, 0.2) is 6.10 Å². The van der Waals surface area contributed by atoms with Crippen molar-refractivity contribution in [3.63, 3.8) is 0 Å². The number of oxime groups is 1. The fourth-order valence-electron chi connectivity index (χ4n) is 3.40. The first-order valence-electron chi connectivity index (χ1n) is 9.63. The largest absolute Gasteiger partial charge is 0.497 e. The van der Waals surface area contributed by atoms with Crippen molar-refractivity contribution >= 4 is 11.6 Å². The van der Waals surface area contributed by atoms with Crippen molar-refractivity contribution in [2.24, 2.45) is 11.1 Å². The van der Waals surface area contributed by atoms with Gasteiger partial charge >= 0.3 is 0 Å². The van der Waals surface area contributed by atoms with E-state index in [0.29, 0.717) is 13.0 Å². The number of rotatable bonds is 7. The highest BCUT2D eigenvalue weighted by Crippen LogP contribution is 2.32. The summed E-state index contributed by atoms with van der Waals surface area (Å²) in [4.78, 5) is 19.9. The number of benzene rings is 2. The SMILES string of the molecule is COc1ccc(C2=NO[C@@H](CN(Cc3ccc(F)cc3F)C(=O)C3CC3)C2)cc1. The maximum atomic E-state index is 14.1. The van der Waals surface area contributed by atoms with Crippen LogP contribution in [-0.2, 0) is 16.2 Å². The van der Waals surface area contributed by atoms with Crippen LogP contribution in [0.3, 0.4) is 0 Å². The molecule has 0 aromatic heterocycles. The van der Waals surface area contributed by atoms with Crippen LogP contribution in [0.25, 0.3) is 0 Å². The van der Waals surface area contributed by atoms with Crippen molar-refractivity contribution < 1.29 is 23.1 Å². The molecule has 2 aliphatic rings. The monoisotopic (exact) mass is 400 g/mol. The molecule has 7 heteroatoms. The molecule has 1 heterocycles. The molecule has 1 aliphatic heterocycles. The number of amides is 1. The number of hydrogen-bond acceptors (Lipinski definition) is 4. The number of carbonyl (C=O) groups excluding carboxylic acids is 1. The van der Waals surface area contributed by atoms with E-state index < -0.39 is 11.6 Å². The Labute approximate surface area is 167 Å². The summed E-state index contributed by atoms with van der Waals surface area (Å²) in [7, 11) is 1.61. The van der Waals surface area contributed by atoms with Gasteiger partial charge in [-0.05, 0) is 48.7 Å². The summed E-state index contributed by atoms with van der Waals surface area (Å²) in [5, 5.41) is 4.17. The van der Waals surface area contributed by atoms with Crippen LogP contribution in [0.5, 0.6) is 5.75 Å². The fourth-order valence-corrected chi connectivity index (χ4v) is 3.40. The Morgan fingerprint density at radius 2 is 1.97 bits per heavy atom. The summed E-state index contributed by atoms with van der Waals surface area (Å²) in [6, 6.07) is 10.9. The Morgan fingerprint density at radius 1 is 1.21 bits per heavy atom. The molecule has 0 unspecified atom stereocenters. The highest BCUT2D eigenvalue weighted by Gasteiger charge is 2.36. The second-order valence-corrected chi connectivity index (χ2v) is 7.43. The van der Waals surface area contributed by atoms with Crippen molar-refractivity contribution in [1.82, 2.24) is 4.90 Å². The van der Waals surface area contributed by atoms with Crippen LogP contribution in [-0.4, -0.2) is 36.3 Å². The van der Waals surface area contributed by atoms with E-state index in [2.05, 4.69) is 5.16 Å². The molecule has 1 saturated carbocycles. The molecule has 2 aromatic carbocycles. The van der Waals surface area contributed by atoms with Gasteiger partial charge in [0.25, 0.3) is 0 Å². The van der Waals surface area contributed by atoms with E-state index in [4.69, 9.17) is 9.57 Å². The minimum absolute atomic E-state index is 0.0121. The number of halogens is 2. The van der Waals surface area contributed by atoms with Crippen molar-refractivity contribution in [3.8, 4) is 5.75 Å². The first-order chi connectivity index (χ1) is 14.0. The first kappa shape index (κ1) is 19.4. The number of ether oxygens (including phenoxy) is 1. The zero-order valence-electron chi connectivity index (χ0n) is 16.1. The highest BCUT2D eigenvalue weighted by molar-refractivity contribution is 6.01. The van der Waals surface area contributed by atoms with Crippen LogP contribution in [0, 0.1) is 17.6 Å². The minimum atomic E-state index is -0.652. The molecule has 0 spiro atoms. The number of methoxy groups -OCH3 is 1. The lowest BCUT2D eigenvalue weighted by Gasteiger charge is -2.25. The van der Waals surface area contributed by atoms with Crippen LogP contribution >= 0.6 is 0 Å². The van der Waals surface area contributed by atoms with E-state index in [-0.39, 0.29) is 30.0 Å². The summed E-state index contributed by atoms with van der Waals surface area (Å²) >= 11 is 0. The fraction of sp³-hybridized carbons (Fsp3) is 0.364. The third kappa shape index (κ3) is 4.55. The van der Waals surface area contributed by atoms with E-state index in [1.54, 1.807) is 12.0 Å². The van der Waals surface area contributed by atoms with Crippen molar-refractivity contribution in [1.29, 1.82) is 0 Å². The Balaban J connectivity index is 1.43. The van der Waals surface area contributed by atoms with Crippen LogP contribution in [0.2, 0.25) is 0 Å². The lowest BCUT2D eigenvalue weighted by atomic mass is 10.0. The number of carbonyl (C=O) groups is 1. The van der Waals surface area contributed by atoms with Crippen LogP contribution in [0.1, 0.15) is 30.4 Å². The van der Waals surface area contributed by atoms with Gasteiger partial charge in [-0.15, -0.1) is 0 Å². The summed E-state index contributed by atoms with van der Waals surface area (Å²) in [6.45, 7) is 0.383. The van der Waals surface area contributed by atoms with Crippen molar-refractivity contribution in [3.05, 3.63) is 65.2 Å². The predicted octanol–water partition coefficient (Wildman–Crippen LogP) is 3.91. The second kappa shape index (κ2) is 8.19. The Morgan fingerprint density at radius 3 is 2.62 bits per heavy atom. The Hall–Kier alpha value is -2.96. The van der Waals surface area contributed by atoms with E-state index in [1.807, 2.05) is 24.3 Å². The molecule has 152 valence electrons. The molecule has 29 heavy (non-hydrogen) atoms. The summed E-state index contributed by atoms with van der Waals surface area (Å²) < 4.78 is 32.5. The number of nitrogens with zero attached hydrogens (tertiary/aromatic N) is 2. The van der Waals surface area contributed by atoms with Gasteiger partial charge in [-0.2, -0.15) is 0 Å². The smallest absolute Gasteiger partial charge is 0.226 e. The van der Waals surface area contributed by atoms with Gasteiger partial charge in [-0.1, -0.05) is 11.2 Å². The van der Waals surface area contributed by atoms with Gasteiger partial charge in [0, 0.05) is 30.5 Å². The molecule has 0 radical (unpaired) electrons. The molecule has 1 fully saturated rings. The zero-order valence-corrected chi connectivity index (χ0v) is 16.1. The molecular formula is C22H22F2N2O3. The van der Waals surface area contributed by atoms with E-state index in [9.17, 15) is 13.6 Å². The minimum Gasteiger partial charge on any atom is -0.497 e. The van der Waals surface area contributed by atoms with Gasteiger partial charge in [-0.3, -0.25) is 4.79 Å². The third-order valence-corrected chi connectivity index (χ3v) is 5.19. The maximum absolute atomic E-state index is 14.1. The van der Waals surface area contributed by atoms with E-state index >= 15 is 0 Å². The molecule has 0 N–H and O–H groups in total. The van der Waals surface area contributed by atoms with Crippen LogP contribution in [0.4, 0.5) is 8.78 Å². The molecule has 1 atom stereocenters. The van der Waals surface area contributed by atoms with Crippen LogP contribution < -0.4 is 4.74 Å². The molecule has 2 aromatic rings. The Bertz CT molecular complexity index is 926. The van der Waals surface area contributed by atoms with Crippen LogP contribution in [0.15, 0.2) is 47.6 Å². The van der Waals surface area contributed by atoms with Gasteiger partial charge in [0.2, 0.25) is 5.91 Å². The standard InChI is InChI=1S/C22H22F2N2O3/c1-28-18-8-5-14(6-9-18)21-11-19(29-25-21)13-26(22(27)15-2-3-15)12-16-4-7-17(23)10-20(16)24/h4-10,15,19H,2-3,11-13H2,1H3/t19-/m1/s1. The molecule has 0 bridgehead atoms. The molecule has 1 aliphatic carbocycles. The van der Waals surface area contributed by atoms with Gasteiger partial charge in [-0.25, -0.2) is 8.78 Å². The van der Waals surface area contributed by atoms with E-state index in [1.165, 1.54) is 12.1 Å². The summed E-state index contributed by atoms with van der Waals surface area (Å²) in [5.41, 5.74) is 2.01. The lowest BCUT2D eigenvalue weighted by molar-refractivity contribution is -0.135. The predicted molar refractivity (Wildman–Crippen MR) is 104 cm³/mol. The third-order valence-electron chi connectivity index (χ3n) is 5.19. The average Bonchev–Trinajstić information content (AvgIpc) is 3.47. The van der Waals surface area contributed by atoms with Gasteiger partial charge in [0.1, 0.15) is 17.4 Å². The average molecular weight is 400 g/mol. The summed E-state index contributed by atoms with van der Waals surface area (Å²) in [6.07, 6.45) is 1.94. The van der Waals surface area contributed by atoms with Crippen molar-refractivity contribution in [2.75, 3.05) is 13.7 Å². The zero-order chi connectivity index (χ0) is 20.4. The highest BCUT2D eigenvalue weighted by atomic mass is 19.1. The van der Waals surface area contributed by atoms with Gasteiger partial charge in [0.05, 0.1) is 19.4 Å². The normalized spacial score (nSPS) is 18.2. The topological polar surface area (TPSA) is 51.1 Å². The summed E-state index contributed by atoms with van der Waals surface area (Å²) in [5.74, 6) is -0.562. The molecule has 0 saturated heterocycles. The molecule has 4 rings (SSSR count). The first-order valence-corrected chi connectivity index (χ1v) is 9.63. The van der Waals surface area contributed by atoms with Crippen molar-refractivity contribution in [2.45, 2.75) is 31.9 Å². The quantitative estimate of drug-likeness (QED) is 0.708. The molecule has 5 nitrogen and oxygen atoms in total. The number of hydrogen-bond donors (Lipinski definition) is 0. The molecular weight excluding hydrogens is 378 g/mol. The second-order valence-electron chi connectivity index (χ2n) is 7.43. The molecule has 1 amide bonds. The maximum Gasteiger partial charge on any atom is 0.226 e. The lowest BCUT2D eigenvalue weighted by Crippen LogP contribution is -2.38. The van der Waals surface area contributed by atoms with Gasteiger partial charge < -0.3 is 14.5 Å².